The van der Waals surface area contributed by atoms with Gasteiger partial charge in [-0.15, -0.1) is 0 Å². The zero-order valence-corrected chi connectivity index (χ0v) is 22.0. The van der Waals surface area contributed by atoms with Gasteiger partial charge in [0.05, 0.1) is 17.2 Å². The molecule has 0 aromatic heterocycles. The van der Waals surface area contributed by atoms with Crippen molar-refractivity contribution in [1.82, 2.24) is 15.5 Å². The molecule has 2 aliphatic rings. The third-order valence-electron chi connectivity index (χ3n) is 7.58. The van der Waals surface area contributed by atoms with E-state index < -0.39 is 52.4 Å². The van der Waals surface area contributed by atoms with Gasteiger partial charge in [-0.2, -0.15) is 26.3 Å². The van der Waals surface area contributed by atoms with Crippen LogP contribution in [0.5, 0.6) is 0 Å². The fourth-order valence-corrected chi connectivity index (χ4v) is 4.99. The van der Waals surface area contributed by atoms with Crippen molar-refractivity contribution in [2.75, 3.05) is 0 Å². The summed E-state index contributed by atoms with van der Waals surface area (Å²) >= 11 is 0. The molecular weight excluding hydrogens is 540 g/mol. The van der Waals surface area contributed by atoms with Gasteiger partial charge in [0.25, 0.3) is 11.8 Å². The Hall–Kier alpha value is -3.57. The van der Waals surface area contributed by atoms with Gasteiger partial charge < -0.3 is 15.5 Å². The fourth-order valence-electron chi connectivity index (χ4n) is 4.99. The molecule has 2 unspecified atom stereocenters. The van der Waals surface area contributed by atoms with Gasteiger partial charge in [0, 0.05) is 23.2 Å². The summed E-state index contributed by atoms with van der Waals surface area (Å²) < 4.78 is 79.1. The van der Waals surface area contributed by atoms with Crippen LogP contribution in [0.4, 0.5) is 26.3 Å². The molecule has 1 aliphatic carbocycles. The van der Waals surface area contributed by atoms with Crippen molar-refractivity contribution < 1.29 is 40.7 Å². The van der Waals surface area contributed by atoms with E-state index in [0.29, 0.717) is 23.3 Å². The number of likely N-dealkylation sites (tertiary alicyclic amines) is 1. The molecule has 4 rings (SSSR count). The van der Waals surface area contributed by atoms with E-state index in [2.05, 4.69) is 10.6 Å². The minimum atomic E-state index is -5.11. The van der Waals surface area contributed by atoms with E-state index in [1.165, 1.54) is 0 Å². The number of carbonyl (C=O) groups is 3. The second-order valence-electron chi connectivity index (χ2n) is 10.6. The van der Waals surface area contributed by atoms with E-state index in [0.717, 1.165) is 12.8 Å². The van der Waals surface area contributed by atoms with Crippen LogP contribution in [0.2, 0.25) is 0 Å². The van der Waals surface area contributed by atoms with Gasteiger partial charge >= 0.3 is 12.4 Å². The maximum absolute atomic E-state index is 13.2. The second-order valence-corrected chi connectivity index (χ2v) is 10.6. The Balaban J connectivity index is 1.44. The summed E-state index contributed by atoms with van der Waals surface area (Å²) in [7, 11) is 0. The molecule has 1 heterocycles. The van der Waals surface area contributed by atoms with Crippen molar-refractivity contribution in [3.63, 3.8) is 0 Å². The highest BCUT2D eigenvalue weighted by Gasteiger charge is 2.52. The van der Waals surface area contributed by atoms with Crippen molar-refractivity contribution in [3.8, 4) is 0 Å². The lowest BCUT2D eigenvalue weighted by molar-refractivity contribution is -0.143. The van der Waals surface area contributed by atoms with Crippen LogP contribution < -0.4 is 10.6 Å². The molecule has 2 N–H and O–H groups in total. The lowest BCUT2D eigenvalue weighted by Crippen LogP contribution is -2.49. The van der Waals surface area contributed by atoms with Crippen LogP contribution >= 0.6 is 0 Å². The SMILES string of the molecule is CC1CCC(C)N1C(=O)c1ccc([C@@H](C)NC(=O)C2(NC(=O)c3cc(C(F)(F)F)cc(C(F)(F)F)c3)CC2)cc1. The van der Waals surface area contributed by atoms with Crippen LogP contribution in [-0.2, 0) is 17.1 Å². The van der Waals surface area contributed by atoms with E-state index in [1.54, 1.807) is 31.2 Å². The van der Waals surface area contributed by atoms with Crippen LogP contribution in [0.25, 0.3) is 0 Å². The number of halogens is 6. The first-order chi connectivity index (χ1) is 18.5. The molecular formula is C28H29F6N3O3. The van der Waals surface area contributed by atoms with Crippen molar-refractivity contribution in [2.24, 2.45) is 0 Å². The largest absolute Gasteiger partial charge is 0.416 e. The highest BCUT2D eigenvalue weighted by Crippen LogP contribution is 2.39. The van der Waals surface area contributed by atoms with Crippen LogP contribution in [0, 0.1) is 0 Å². The first-order valence-electron chi connectivity index (χ1n) is 12.9. The lowest BCUT2D eigenvalue weighted by atomic mass is 10.0. The van der Waals surface area contributed by atoms with Crippen molar-refractivity contribution in [3.05, 3.63) is 70.3 Å². The van der Waals surface area contributed by atoms with Gasteiger partial charge in [0.2, 0.25) is 5.91 Å². The minimum Gasteiger partial charge on any atom is -0.348 e. The normalized spacial score (nSPS) is 21.1. The average Bonchev–Trinajstić information content (AvgIpc) is 3.59. The van der Waals surface area contributed by atoms with Crippen LogP contribution in [0.3, 0.4) is 0 Å². The van der Waals surface area contributed by atoms with E-state index in [-0.39, 0.29) is 36.9 Å². The topological polar surface area (TPSA) is 78.5 Å². The predicted octanol–water partition coefficient (Wildman–Crippen LogP) is 5.88. The van der Waals surface area contributed by atoms with E-state index in [4.69, 9.17) is 0 Å². The van der Waals surface area contributed by atoms with E-state index in [9.17, 15) is 40.7 Å². The molecule has 2 fully saturated rings. The van der Waals surface area contributed by atoms with Gasteiger partial charge in [0.15, 0.2) is 0 Å². The molecule has 0 spiro atoms. The zero-order chi connectivity index (χ0) is 29.6. The third-order valence-corrected chi connectivity index (χ3v) is 7.58. The standard InChI is InChI=1S/C28H29F6N3O3/c1-15-4-5-16(2)37(15)24(39)19-8-6-18(7-9-19)17(3)35-25(40)26(10-11-26)36-23(38)20-12-21(27(29,30)31)14-22(13-20)28(32,33)34/h6-9,12-17H,4-5,10-11H2,1-3H3,(H,35,40)(H,36,38)/t15?,16?,17-/m1/s1. The van der Waals surface area contributed by atoms with Gasteiger partial charge in [-0.3, -0.25) is 14.4 Å². The first-order valence-corrected chi connectivity index (χ1v) is 12.9. The van der Waals surface area contributed by atoms with Gasteiger partial charge in [0.1, 0.15) is 5.54 Å². The summed E-state index contributed by atoms with van der Waals surface area (Å²) in [6.07, 6.45) is -8.01. The van der Waals surface area contributed by atoms with E-state index in [1.807, 2.05) is 18.7 Å². The summed E-state index contributed by atoms with van der Waals surface area (Å²) in [5.74, 6) is -1.91. The Bertz CT molecular complexity index is 1260. The molecule has 1 saturated heterocycles. The second kappa shape index (κ2) is 10.4. The number of alkyl halides is 6. The number of hydrogen-bond acceptors (Lipinski definition) is 3. The maximum Gasteiger partial charge on any atom is 0.416 e. The molecule has 1 aliphatic heterocycles. The van der Waals surface area contributed by atoms with E-state index >= 15 is 0 Å². The Morgan fingerprint density at radius 2 is 1.35 bits per heavy atom. The van der Waals surface area contributed by atoms with Crippen LogP contribution in [-0.4, -0.2) is 40.2 Å². The van der Waals surface area contributed by atoms with Gasteiger partial charge in [-0.05, 0) is 82.3 Å². The third kappa shape index (κ3) is 6.10. The van der Waals surface area contributed by atoms with Crippen LogP contribution in [0.1, 0.15) is 89.9 Å². The number of carbonyl (C=O) groups excluding carboxylic acids is 3. The molecule has 216 valence electrons. The highest BCUT2D eigenvalue weighted by atomic mass is 19.4. The molecule has 12 heteroatoms. The number of rotatable bonds is 6. The van der Waals surface area contributed by atoms with Crippen molar-refractivity contribution in [1.29, 1.82) is 0 Å². The maximum atomic E-state index is 13.2. The minimum absolute atomic E-state index is 0.0663. The molecule has 0 radical (unpaired) electrons. The summed E-state index contributed by atoms with van der Waals surface area (Å²) in [6.45, 7) is 5.68. The molecule has 1 saturated carbocycles. The molecule has 40 heavy (non-hydrogen) atoms. The van der Waals surface area contributed by atoms with Gasteiger partial charge in [-0.1, -0.05) is 12.1 Å². The van der Waals surface area contributed by atoms with Crippen molar-refractivity contribution in [2.45, 2.75) is 82.5 Å². The molecule has 6 nitrogen and oxygen atoms in total. The first kappa shape index (κ1) is 29.4. The predicted molar refractivity (Wildman–Crippen MR) is 133 cm³/mol. The Morgan fingerprint density at radius 3 is 1.80 bits per heavy atom. The Labute approximate surface area is 227 Å². The molecule has 2 aromatic rings. The molecule has 3 atom stereocenters. The Morgan fingerprint density at radius 1 is 0.850 bits per heavy atom. The fraction of sp³-hybridized carbons (Fsp3) is 0.464. The van der Waals surface area contributed by atoms with Gasteiger partial charge in [-0.25, -0.2) is 0 Å². The van der Waals surface area contributed by atoms with Crippen molar-refractivity contribution >= 4 is 17.7 Å². The number of hydrogen-bond donors (Lipinski definition) is 2. The highest BCUT2D eigenvalue weighted by molar-refractivity contribution is 6.01. The smallest absolute Gasteiger partial charge is 0.348 e. The summed E-state index contributed by atoms with van der Waals surface area (Å²) in [5.41, 5.74) is -4.36. The monoisotopic (exact) mass is 569 g/mol. The summed E-state index contributed by atoms with van der Waals surface area (Å²) in [5, 5.41) is 5.06. The molecule has 3 amide bonds. The number of nitrogens with zero attached hydrogens (tertiary/aromatic N) is 1. The molecule has 0 bridgehead atoms. The average molecular weight is 570 g/mol. The number of nitrogens with one attached hydrogen (secondary N) is 2. The number of amides is 3. The zero-order valence-electron chi connectivity index (χ0n) is 22.0. The quantitative estimate of drug-likeness (QED) is 0.427. The number of benzene rings is 2. The summed E-state index contributed by atoms with van der Waals surface area (Å²) in [6, 6.07) is 7.04. The molecule has 2 aromatic carbocycles. The summed E-state index contributed by atoms with van der Waals surface area (Å²) in [4.78, 5) is 40.5. The van der Waals surface area contributed by atoms with Crippen LogP contribution in [0.15, 0.2) is 42.5 Å². The lowest BCUT2D eigenvalue weighted by Gasteiger charge is -2.26. The Kier molecular flexibility index (Phi) is 7.68.